The smallest absolute Gasteiger partial charge is 0.309 e. The molecule has 0 radical (unpaired) electrons. The Hall–Kier alpha value is -1.16. The Kier molecular flexibility index (Phi) is 5.08. The first-order chi connectivity index (χ1) is 8.36. The Labute approximate surface area is 113 Å². The summed E-state index contributed by atoms with van der Waals surface area (Å²) in [4.78, 5) is 12.1. The Morgan fingerprint density at radius 2 is 2.11 bits per heavy atom. The molecule has 3 nitrogen and oxygen atoms in total. The van der Waals surface area contributed by atoms with Crippen LogP contribution in [0.25, 0.3) is 0 Å². The zero-order valence-corrected chi connectivity index (χ0v) is 12.1. The van der Waals surface area contributed by atoms with E-state index in [4.69, 9.17) is 9.84 Å². The fourth-order valence-corrected chi connectivity index (χ4v) is 2.43. The van der Waals surface area contributed by atoms with Crippen LogP contribution < -0.4 is 4.74 Å². The summed E-state index contributed by atoms with van der Waals surface area (Å²) in [6.45, 7) is 8.09. The topological polar surface area (TPSA) is 46.5 Å². The molecule has 18 heavy (non-hydrogen) atoms. The van der Waals surface area contributed by atoms with Crippen LogP contribution in [-0.4, -0.2) is 23.4 Å². The molecule has 1 N–H and O–H groups in total. The molecule has 0 atom stereocenters. The van der Waals surface area contributed by atoms with Crippen molar-refractivity contribution in [3.63, 3.8) is 0 Å². The summed E-state index contributed by atoms with van der Waals surface area (Å²) in [5.41, 5.74) is 0.368. The van der Waals surface area contributed by atoms with Gasteiger partial charge in [-0.2, -0.15) is 0 Å². The van der Waals surface area contributed by atoms with Gasteiger partial charge in [-0.1, -0.05) is 0 Å². The van der Waals surface area contributed by atoms with Gasteiger partial charge in [-0.25, -0.2) is 0 Å². The molecule has 0 spiro atoms. The minimum atomic E-state index is -0.766. The van der Waals surface area contributed by atoms with Crippen molar-refractivity contribution in [3.8, 4) is 5.75 Å². The second kappa shape index (κ2) is 6.14. The molecule has 0 aromatic heterocycles. The van der Waals surface area contributed by atoms with E-state index in [1.807, 2.05) is 32.0 Å². The molecule has 1 aromatic rings. The second-order valence-electron chi connectivity index (χ2n) is 4.84. The molecule has 0 aliphatic carbocycles. The van der Waals surface area contributed by atoms with E-state index in [0.29, 0.717) is 12.4 Å². The number of hydrogen-bond donors (Lipinski definition) is 1. The van der Waals surface area contributed by atoms with E-state index < -0.39 is 11.4 Å². The number of hydrogen-bond acceptors (Lipinski definition) is 3. The number of carbonyl (C=O) groups is 1. The lowest BCUT2D eigenvalue weighted by Crippen LogP contribution is -2.26. The highest BCUT2D eigenvalue weighted by Crippen LogP contribution is 2.30. The highest BCUT2D eigenvalue weighted by atomic mass is 32.2. The van der Waals surface area contributed by atoms with Crippen LogP contribution >= 0.6 is 11.8 Å². The Morgan fingerprint density at radius 1 is 1.44 bits per heavy atom. The van der Waals surface area contributed by atoms with Gasteiger partial charge in [0.05, 0.1) is 12.0 Å². The maximum absolute atomic E-state index is 11.0. The number of ether oxygens (including phenoxy) is 1. The Balaban J connectivity index is 2.69. The van der Waals surface area contributed by atoms with Crippen molar-refractivity contribution in [2.45, 2.75) is 32.6 Å². The number of carboxylic acid groups (broad SMARTS) is 1. The lowest BCUT2D eigenvalue weighted by molar-refractivity contribution is -0.145. The van der Waals surface area contributed by atoms with Gasteiger partial charge in [0.1, 0.15) is 5.75 Å². The van der Waals surface area contributed by atoms with Crippen LogP contribution in [0.5, 0.6) is 5.75 Å². The number of thioether (sulfide) groups is 1. The number of aryl methyl sites for hydroxylation is 1. The number of carboxylic acids is 1. The predicted molar refractivity (Wildman–Crippen MR) is 74.5 cm³/mol. The number of benzene rings is 1. The van der Waals surface area contributed by atoms with Crippen molar-refractivity contribution in [1.82, 2.24) is 0 Å². The molecular formula is C14H20O3S. The van der Waals surface area contributed by atoms with Crippen LogP contribution in [0.3, 0.4) is 0 Å². The van der Waals surface area contributed by atoms with Crippen LogP contribution in [0.2, 0.25) is 0 Å². The van der Waals surface area contributed by atoms with Crippen LogP contribution in [0, 0.1) is 12.3 Å². The fourth-order valence-electron chi connectivity index (χ4n) is 1.35. The van der Waals surface area contributed by atoms with Crippen LogP contribution in [0.15, 0.2) is 23.1 Å². The summed E-state index contributed by atoms with van der Waals surface area (Å²) in [5.74, 6) is 0.674. The summed E-state index contributed by atoms with van der Waals surface area (Å²) in [6, 6.07) is 5.95. The summed E-state index contributed by atoms with van der Waals surface area (Å²) in [5, 5.41) is 9.05. The minimum absolute atomic E-state index is 0.551. The first kappa shape index (κ1) is 14.9. The monoisotopic (exact) mass is 268 g/mol. The molecule has 0 bridgehead atoms. The van der Waals surface area contributed by atoms with Crippen molar-refractivity contribution in [3.05, 3.63) is 23.8 Å². The highest BCUT2D eigenvalue weighted by Gasteiger charge is 2.27. The summed E-state index contributed by atoms with van der Waals surface area (Å²) in [7, 11) is 0. The molecule has 0 fully saturated rings. The van der Waals surface area contributed by atoms with Gasteiger partial charge < -0.3 is 9.84 Å². The van der Waals surface area contributed by atoms with Crippen molar-refractivity contribution < 1.29 is 14.6 Å². The molecule has 0 saturated carbocycles. The number of aliphatic carboxylic acids is 1. The molecular weight excluding hydrogens is 248 g/mol. The van der Waals surface area contributed by atoms with E-state index in [9.17, 15) is 4.79 Å². The van der Waals surface area contributed by atoms with Gasteiger partial charge in [0.2, 0.25) is 0 Å². The maximum atomic E-state index is 11.0. The van der Waals surface area contributed by atoms with Crippen molar-refractivity contribution in [2.24, 2.45) is 5.41 Å². The second-order valence-corrected chi connectivity index (χ2v) is 5.89. The molecule has 1 aromatic carbocycles. The largest absolute Gasteiger partial charge is 0.494 e. The molecule has 4 heteroatoms. The SMILES string of the molecule is CCOc1ccc(SCC(C)(C)C(=O)O)cc1C. The zero-order chi connectivity index (χ0) is 13.8. The fraction of sp³-hybridized carbons (Fsp3) is 0.500. The molecule has 0 saturated heterocycles. The van der Waals surface area contributed by atoms with Gasteiger partial charge >= 0.3 is 5.97 Å². The maximum Gasteiger partial charge on any atom is 0.309 e. The molecule has 0 unspecified atom stereocenters. The van der Waals surface area contributed by atoms with E-state index in [-0.39, 0.29) is 0 Å². The average molecular weight is 268 g/mol. The van der Waals surface area contributed by atoms with Crippen LogP contribution in [0.1, 0.15) is 26.3 Å². The van der Waals surface area contributed by atoms with Crippen LogP contribution in [-0.2, 0) is 4.79 Å². The van der Waals surface area contributed by atoms with Gasteiger partial charge in [-0.15, -0.1) is 11.8 Å². The summed E-state index contributed by atoms with van der Waals surface area (Å²) in [6.07, 6.45) is 0. The van der Waals surface area contributed by atoms with E-state index in [0.717, 1.165) is 16.2 Å². The summed E-state index contributed by atoms with van der Waals surface area (Å²) >= 11 is 1.56. The van der Waals surface area contributed by atoms with Crippen molar-refractivity contribution in [2.75, 3.05) is 12.4 Å². The molecule has 1 rings (SSSR count). The standard InChI is InChI=1S/C14H20O3S/c1-5-17-12-7-6-11(8-10(12)2)18-9-14(3,4)13(15)16/h6-8H,5,9H2,1-4H3,(H,15,16). The van der Waals surface area contributed by atoms with Gasteiger partial charge in [0, 0.05) is 10.6 Å². The van der Waals surface area contributed by atoms with Crippen LogP contribution in [0.4, 0.5) is 0 Å². The highest BCUT2D eigenvalue weighted by molar-refractivity contribution is 7.99. The third-order valence-electron chi connectivity index (χ3n) is 2.62. The lowest BCUT2D eigenvalue weighted by atomic mass is 9.97. The first-order valence-electron chi connectivity index (χ1n) is 5.96. The quantitative estimate of drug-likeness (QED) is 0.801. The molecule has 0 aliphatic heterocycles. The normalized spacial score (nSPS) is 11.3. The Bertz CT molecular complexity index is 427. The predicted octanol–water partition coefficient (Wildman–Crippen LogP) is 3.60. The zero-order valence-electron chi connectivity index (χ0n) is 11.3. The van der Waals surface area contributed by atoms with Crippen molar-refractivity contribution in [1.29, 1.82) is 0 Å². The third kappa shape index (κ3) is 3.95. The van der Waals surface area contributed by atoms with Crippen molar-refractivity contribution >= 4 is 17.7 Å². The van der Waals surface area contributed by atoms with E-state index >= 15 is 0 Å². The minimum Gasteiger partial charge on any atom is -0.494 e. The van der Waals surface area contributed by atoms with Gasteiger partial charge in [0.25, 0.3) is 0 Å². The van der Waals surface area contributed by atoms with E-state index in [1.165, 1.54) is 0 Å². The summed E-state index contributed by atoms with van der Waals surface area (Å²) < 4.78 is 5.47. The van der Waals surface area contributed by atoms with E-state index in [2.05, 4.69) is 0 Å². The average Bonchev–Trinajstić information content (AvgIpc) is 2.30. The molecule has 0 aliphatic rings. The third-order valence-corrected chi connectivity index (χ3v) is 4.08. The number of rotatable bonds is 6. The first-order valence-corrected chi connectivity index (χ1v) is 6.95. The van der Waals surface area contributed by atoms with Gasteiger partial charge in [-0.3, -0.25) is 4.79 Å². The van der Waals surface area contributed by atoms with Gasteiger partial charge in [-0.05, 0) is 51.5 Å². The Morgan fingerprint density at radius 3 is 2.61 bits per heavy atom. The molecule has 0 heterocycles. The molecule has 0 amide bonds. The van der Waals surface area contributed by atoms with Gasteiger partial charge in [0.15, 0.2) is 0 Å². The van der Waals surface area contributed by atoms with E-state index in [1.54, 1.807) is 25.6 Å². The lowest BCUT2D eigenvalue weighted by Gasteiger charge is -2.18. The molecule has 100 valence electrons.